The molecule has 0 saturated heterocycles. The van der Waals surface area contributed by atoms with Crippen molar-refractivity contribution in [3.63, 3.8) is 0 Å². The van der Waals surface area contributed by atoms with Crippen molar-refractivity contribution in [3.05, 3.63) is 46.1 Å². The molecule has 1 aromatic heterocycles. The molecule has 1 heterocycles. The zero-order chi connectivity index (χ0) is 18.2. The van der Waals surface area contributed by atoms with Crippen molar-refractivity contribution in [1.29, 1.82) is 0 Å². The van der Waals surface area contributed by atoms with Crippen LogP contribution in [-0.4, -0.2) is 30.1 Å². The molecule has 0 bridgehead atoms. The molecule has 0 amide bonds. The summed E-state index contributed by atoms with van der Waals surface area (Å²) in [6.07, 6.45) is -0.0196. The van der Waals surface area contributed by atoms with E-state index in [0.717, 1.165) is 28.2 Å². The molecular formula is C18H25BrN4O2. The molecule has 1 atom stereocenters. The first-order valence-electron chi connectivity index (χ1n) is 8.35. The Morgan fingerprint density at radius 3 is 2.72 bits per heavy atom. The van der Waals surface area contributed by atoms with Crippen LogP contribution in [-0.2, 0) is 6.54 Å². The molecule has 1 unspecified atom stereocenters. The lowest BCUT2D eigenvalue weighted by molar-refractivity contribution is 0.222. The third-order valence-corrected chi connectivity index (χ3v) is 4.17. The van der Waals surface area contributed by atoms with E-state index in [1.807, 2.05) is 52.0 Å². The fraction of sp³-hybridized carbons (Fsp3) is 0.444. The number of ether oxygens (including phenoxy) is 1. The predicted octanol–water partition coefficient (Wildman–Crippen LogP) is 3.58. The minimum absolute atomic E-state index is 0.0196. The lowest BCUT2D eigenvalue weighted by atomic mass is 10.3. The van der Waals surface area contributed by atoms with Crippen molar-refractivity contribution in [2.75, 3.05) is 13.1 Å². The Kier molecular flexibility index (Phi) is 7.31. The Morgan fingerprint density at radius 1 is 1.32 bits per heavy atom. The van der Waals surface area contributed by atoms with Crippen LogP contribution < -0.4 is 15.4 Å². The molecule has 0 aliphatic rings. The van der Waals surface area contributed by atoms with E-state index in [-0.39, 0.29) is 6.10 Å². The SMILES string of the molecule is CCNC(=NCc1nc(C)c(C)o1)NCC(C)Oc1ccccc1Br. The Labute approximate surface area is 157 Å². The number of para-hydroxylation sites is 1. The second-order valence-electron chi connectivity index (χ2n) is 5.68. The van der Waals surface area contributed by atoms with Gasteiger partial charge in [0.2, 0.25) is 5.89 Å². The quantitative estimate of drug-likeness (QED) is 0.540. The maximum Gasteiger partial charge on any atom is 0.216 e. The van der Waals surface area contributed by atoms with Crippen LogP contribution in [0.1, 0.15) is 31.2 Å². The van der Waals surface area contributed by atoms with Gasteiger partial charge in [-0.25, -0.2) is 9.98 Å². The number of halogens is 1. The molecule has 25 heavy (non-hydrogen) atoms. The van der Waals surface area contributed by atoms with Crippen molar-refractivity contribution in [2.24, 2.45) is 4.99 Å². The highest BCUT2D eigenvalue weighted by Gasteiger charge is 2.09. The highest BCUT2D eigenvalue weighted by Crippen LogP contribution is 2.24. The van der Waals surface area contributed by atoms with E-state index >= 15 is 0 Å². The predicted molar refractivity (Wildman–Crippen MR) is 103 cm³/mol. The first-order chi connectivity index (χ1) is 12.0. The third kappa shape index (κ3) is 6.08. The Hall–Kier alpha value is -2.02. The topological polar surface area (TPSA) is 71.7 Å². The standard InChI is InChI=1S/C18H25BrN4O2/c1-5-20-18(22-11-17-23-13(3)14(4)25-17)21-10-12(2)24-16-9-7-6-8-15(16)19/h6-9,12H,5,10-11H2,1-4H3,(H2,20,21,22). The summed E-state index contributed by atoms with van der Waals surface area (Å²) in [5.74, 6) is 2.98. The van der Waals surface area contributed by atoms with Crippen molar-refractivity contribution in [3.8, 4) is 5.75 Å². The van der Waals surface area contributed by atoms with Crippen molar-refractivity contribution in [2.45, 2.75) is 40.3 Å². The van der Waals surface area contributed by atoms with Gasteiger partial charge in [-0.1, -0.05) is 12.1 Å². The largest absolute Gasteiger partial charge is 0.488 e. The van der Waals surface area contributed by atoms with Crippen LogP contribution in [0.3, 0.4) is 0 Å². The number of rotatable bonds is 7. The van der Waals surface area contributed by atoms with Gasteiger partial charge < -0.3 is 19.8 Å². The normalized spacial score (nSPS) is 12.8. The van der Waals surface area contributed by atoms with E-state index in [4.69, 9.17) is 9.15 Å². The van der Waals surface area contributed by atoms with E-state index < -0.39 is 0 Å². The highest BCUT2D eigenvalue weighted by molar-refractivity contribution is 9.10. The Balaban J connectivity index is 1.89. The number of aromatic nitrogens is 1. The smallest absolute Gasteiger partial charge is 0.216 e. The molecule has 136 valence electrons. The van der Waals surface area contributed by atoms with Gasteiger partial charge in [0.15, 0.2) is 5.96 Å². The summed E-state index contributed by atoms with van der Waals surface area (Å²) in [5, 5.41) is 6.49. The van der Waals surface area contributed by atoms with Gasteiger partial charge in [-0.3, -0.25) is 0 Å². The molecule has 0 radical (unpaired) electrons. The van der Waals surface area contributed by atoms with Gasteiger partial charge in [-0.2, -0.15) is 0 Å². The monoisotopic (exact) mass is 408 g/mol. The molecule has 7 heteroatoms. The zero-order valence-corrected chi connectivity index (χ0v) is 16.7. The summed E-state index contributed by atoms with van der Waals surface area (Å²) >= 11 is 3.49. The summed E-state index contributed by atoms with van der Waals surface area (Å²) in [7, 11) is 0. The first kappa shape index (κ1) is 19.3. The summed E-state index contributed by atoms with van der Waals surface area (Å²) in [4.78, 5) is 8.85. The lowest BCUT2D eigenvalue weighted by Crippen LogP contribution is -2.41. The van der Waals surface area contributed by atoms with Gasteiger partial charge in [-0.05, 0) is 55.8 Å². The summed E-state index contributed by atoms with van der Waals surface area (Å²) in [6, 6.07) is 7.81. The molecule has 2 aromatic rings. The van der Waals surface area contributed by atoms with Crippen LogP contribution in [0.2, 0.25) is 0 Å². The fourth-order valence-electron chi connectivity index (χ4n) is 2.13. The number of aryl methyl sites for hydroxylation is 2. The van der Waals surface area contributed by atoms with E-state index in [1.54, 1.807) is 0 Å². The minimum atomic E-state index is -0.0196. The van der Waals surface area contributed by atoms with Crippen molar-refractivity contribution >= 4 is 21.9 Å². The molecule has 0 spiro atoms. The molecule has 6 nitrogen and oxygen atoms in total. The number of guanidine groups is 1. The number of benzene rings is 1. The van der Waals surface area contributed by atoms with E-state index in [9.17, 15) is 0 Å². The first-order valence-corrected chi connectivity index (χ1v) is 9.15. The number of aliphatic imine (C=N–C) groups is 1. The molecule has 0 saturated carbocycles. The van der Waals surface area contributed by atoms with Gasteiger partial charge in [0, 0.05) is 6.54 Å². The number of nitrogens with one attached hydrogen (secondary N) is 2. The summed E-state index contributed by atoms with van der Waals surface area (Å²) in [5.41, 5.74) is 0.902. The van der Waals surface area contributed by atoms with Crippen LogP contribution in [0, 0.1) is 13.8 Å². The number of nitrogens with zero attached hydrogens (tertiary/aromatic N) is 2. The van der Waals surface area contributed by atoms with E-state index in [1.165, 1.54) is 0 Å². The van der Waals surface area contributed by atoms with Gasteiger partial charge >= 0.3 is 0 Å². The van der Waals surface area contributed by atoms with E-state index in [2.05, 4.69) is 36.5 Å². The van der Waals surface area contributed by atoms with Gasteiger partial charge in [-0.15, -0.1) is 0 Å². The van der Waals surface area contributed by atoms with Crippen molar-refractivity contribution < 1.29 is 9.15 Å². The molecule has 0 aliphatic heterocycles. The van der Waals surface area contributed by atoms with Gasteiger partial charge in [0.05, 0.1) is 16.7 Å². The molecule has 0 fully saturated rings. The Bertz CT molecular complexity index is 695. The van der Waals surface area contributed by atoms with Crippen LogP contribution >= 0.6 is 15.9 Å². The van der Waals surface area contributed by atoms with Crippen LogP contribution in [0.4, 0.5) is 0 Å². The second kappa shape index (κ2) is 9.46. The zero-order valence-electron chi connectivity index (χ0n) is 15.1. The van der Waals surface area contributed by atoms with Crippen LogP contribution in [0.15, 0.2) is 38.1 Å². The molecular weight excluding hydrogens is 384 g/mol. The number of oxazole rings is 1. The summed E-state index contributed by atoms with van der Waals surface area (Å²) in [6.45, 7) is 9.65. The second-order valence-corrected chi connectivity index (χ2v) is 6.54. The fourth-order valence-corrected chi connectivity index (χ4v) is 2.51. The van der Waals surface area contributed by atoms with Crippen LogP contribution in [0.5, 0.6) is 5.75 Å². The molecule has 2 rings (SSSR count). The number of hydrogen-bond donors (Lipinski definition) is 2. The lowest BCUT2D eigenvalue weighted by Gasteiger charge is -2.18. The minimum Gasteiger partial charge on any atom is -0.488 e. The number of hydrogen-bond acceptors (Lipinski definition) is 4. The average Bonchev–Trinajstić information content (AvgIpc) is 2.90. The highest BCUT2D eigenvalue weighted by atomic mass is 79.9. The van der Waals surface area contributed by atoms with Gasteiger partial charge in [0.1, 0.15) is 24.2 Å². The van der Waals surface area contributed by atoms with Crippen LogP contribution in [0.25, 0.3) is 0 Å². The Morgan fingerprint density at radius 2 is 2.08 bits per heavy atom. The maximum atomic E-state index is 5.93. The maximum absolute atomic E-state index is 5.93. The third-order valence-electron chi connectivity index (χ3n) is 3.51. The summed E-state index contributed by atoms with van der Waals surface area (Å²) < 4.78 is 12.4. The average molecular weight is 409 g/mol. The molecule has 2 N–H and O–H groups in total. The van der Waals surface area contributed by atoms with Crippen molar-refractivity contribution in [1.82, 2.24) is 15.6 Å². The molecule has 0 aliphatic carbocycles. The van der Waals surface area contributed by atoms with E-state index in [0.29, 0.717) is 24.9 Å². The molecule has 1 aromatic carbocycles. The van der Waals surface area contributed by atoms with Gasteiger partial charge in [0.25, 0.3) is 0 Å².